The van der Waals surface area contributed by atoms with Crippen molar-refractivity contribution >= 4 is 17.5 Å². The Labute approximate surface area is 95.5 Å². The summed E-state index contributed by atoms with van der Waals surface area (Å²) in [6.45, 7) is 6.29. The lowest BCUT2D eigenvalue weighted by molar-refractivity contribution is -0.125. The predicted octanol–water partition coefficient (Wildman–Crippen LogP) is 0.237. The predicted molar refractivity (Wildman–Crippen MR) is 62.1 cm³/mol. The lowest BCUT2D eigenvalue weighted by Gasteiger charge is -2.24. The summed E-state index contributed by atoms with van der Waals surface area (Å²) in [4.78, 5) is 26.8. The van der Waals surface area contributed by atoms with Crippen molar-refractivity contribution in [2.24, 2.45) is 16.1 Å². The van der Waals surface area contributed by atoms with Gasteiger partial charge in [0, 0.05) is 5.41 Å². The van der Waals surface area contributed by atoms with Gasteiger partial charge in [-0.3, -0.25) is 9.59 Å². The van der Waals surface area contributed by atoms with Gasteiger partial charge in [0.25, 0.3) is 5.91 Å². The highest BCUT2D eigenvalue weighted by Gasteiger charge is 2.26. The molecule has 0 saturated carbocycles. The zero-order valence-electron chi connectivity index (χ0n) is 10.0. The van der Waals surface area contributed by atoms with Crippen molar-refractivity contribution in [3.63, 3.8) is 0 Å². The van der Waals surface area contributed by atoms with Gasteiger partial charge in [-0.2, -0.15) is 4.99 Å². The maximum absolute atomic E-state index is 11.6. The average Bonchev–Trinajstić information content (AvgIpc) is 1.97. The van der Waals surface area contributed by atoms with Crippen LogP contribution in [0.5, 0.6) is 0 Å². The van der Waals surface area contributed by atoms with Gasteiger partial charge in [0.05, 0.1) is 12.5 Å². The Morgan fingerprint density at radius 2 is 2.00 bits per heavy atom. The normalized spacial score (nSPS) is 21.4. The number of Topliss-reactive ketones (excluding diaryl/α,β-unsaturated/α-hetero) is 1. The summed E-state index contributed by atoms with van der Waals surface area (Å²) in [7, 11) is 0. The molecular formula is C11H19N3O2. The molecular weight excluding hydrogens is 206 g/mol. The molecule has 1 atom stereocenters. The first-order valence-electron chi connectivity index (χ1n) is 5.44. The fraction of sp³-hybridized carbons (Fsp3) is 0.727. The first-order chi connectivity index (χ1) is 7.30. The zero-order chi connectivity index (χ0) is 12.3. The number of amides is 1. The summed E-state index contributed by atoms with van der Waals surface area (Å²) < 4.78 is 0. The molecule has 1 heterocycles. The second kappa shape index (κ2) is 4.74. The molecule has 0 aromatic carbocycles. The summed E-state index contributed by atoms with van der Waals surface area (Å²) in [6.07, 6.45) is 0.838. The second-order valence-corrected chi connectivity index (χ2v) is 5.09. The van der Waals surface area contributed by atoms with Crippen molar-refractivity contribution in [2.75, 3.05) is 6.54 Å². The van der Waals surface area contributed by atoms with Crippen LogP contribution in [-0.4, -0.2) is 30.1 Å². The van der Waals surface area contributed by atoms with Crippen LogP contribution in [0.4, 0.5) is 0 Å². The van der Waals surface area contributed by atoms with Crippen LogP contribution < -0.4 is 11.1 Å². The number of rotatable bonds is 3. The summed E-state index contributed by atoms with van der Waals surface area (Å²) in [5, 5.41) is 2.94. The summed E-state index contributed by atoms with van der Waals surface area (Å²) in [6, 6.07) is -0.205. The number of nitrogens with two attached hydrogens (primary N) is 1. The third-order valence-corrected chi connectivity index (χ3v) is 2.55. The molecule has 1 rings (SSSR count). The van der Waals surface area contributed by atoms with E-state index in [9.17, 15) is 9.59 Å². The molecule has 0 spiro atoms. The number of amidine groups is 1. The number of hydrogen-bond acceptors (Lipinski definition) is 3. The van der Waals surface area contributed by atoms with E-state index >= 15 is 0 Å². The van der Waals surface area contributed by atoms with Crippen LogP contribution in [0.25, 0.3) is 0 Å². The van der Waals surface area contributed by atoms with Gasteiger partial charge >= 0.3 is 0 Å². The minimum Gasteiger partial charge on any atom is -0.387 e. The Morgan fingerprint density at radius 3 is 2.38 bits per heavy atom. The van der Waals surface area contributed by atoms with E-state index in [1.165, 1.54) is 0 Å². The number of nitrogens with one attached hydrogen (secondary N) is 1. The SMILES string of the molecule is CC(C)(C)C(=O)CC(N)=NC(=O)C1CCN1. The van der Waals surface area contributed by atoms with Gasteiger partial charge in [-0.25, -0.2) is 0 Å². The van der Waals surface area contributed by atoms with E-state index in [1.807, 2.05) is 20.8 Å². The van der Waals surface area contributed by atoms with Crippen LogP contribution in [-0.2, 0) is 9.59 Å². The van der Waals surface area contributed by atoms with Crippen LogP contribution in [0.1, 0.15) is 33.6 Å². The van der Waals surface area contributed by atoms with Gasteiger partial charge in [0.15, 0.2) is 0 Å². The number of hydrogen-bond donors (Lipinski definition) is 2. The largest absolute Gasteiger partial charge is 0.387 e. The van der Waals surface area contributed by atoms with E-state index in [-0.39, 0.29) is 30.0 Å². The molecule has 1 amide bonds. The molecule has 16 heavy (non-hydrogen) atoms. The van der Waals surface area contributed by atoms with Crippen molar-refractivity contribution < 1.29 is 9.59 Å². The molecule has 90 valence electrons. The maximum Gasteiger partial charge on any atom is 0.264 e. The molecule has 1 saturated heterocycles. The Balaban J connectivity index is 2.50. The Kier molecular flexibility index (Phi) is 3.80. The van der Waals surface area contributed by atoms with Crippen molar-refractivity contribution in [2.45, 2.75) is 39.7 Å². The van der Waals surface area contributed by atoms with Crippen LogP contribution in [0.15, 0.2) is 4.99 Å². The van der Waals surface area contributed by atoms with Crippen LogP contribution >= 0.6 is 0 Å². The van der Waals surface area contributed by atoms with Crippen LogP contribution in [0.3, 0.4) is 0 Å². The van der Waals surface area contributed by atoms with Crippen molar-refractivity contribution in [3.05, 3.63) is 0 Å². The van der Waals surface area contributed by atoms with Crippen molar-refractivity contribution in [1.82, 2.24) is 5.32 Å². The number of ketones is 1. The first kappa shape index (κ1) is 12.8. The number of aliphatic imine (C=N–C) groups is 1. The smallest absolute Gasteiger partial charge is 0.264 e. The molecule has 1 aliphatic rings. The van der Waals surface area contributed by atoms with Gasteiger partial charge in [-0.15, -0.1) is 0 Å². The minimum atomic E-state index is -0.447. The Hall–Kier alpha value is -1.23. The topological polar surface area (TPSA) is 84.6 Å². The van der Waals surface area contributed by atoms with Gasteiger partial charge in [0.1, 0.15) is 11.6 Å². The molecule has 0 radical (unpaired) electrons. The fourth-order valence-corrected chi connectivity index (χ4v) is 1.19. The Morgan fingerprint density at radius 1 is 1.44 bits per heavy atom. The van der Waals surface area contributed by atoms with Gasteiger partial charge in [-0.05, 0) is 13.0 Å². The third kappa shape index (κ3) is 3.41. The van der Waals surface area contributed by atoms with Gasteiger partial charge in [-0.1, -0.05) is 20.8 Å². The summed E-state index contributed by atoms with van der Waals surface area (Å²) in [5.74, 6) is -0.174. The molecule has 0 bridgehead atoms. The lowest BCUT2D eigenvalue weighted by atomic mass is 9.89. The van der Waals surface area contributed by atoms with E-state index in [2.05, 4.69) is 10.3 Å². The molecule has 1 aliphatic heterocycles. The molecule has 5 heteroatoms. The number of carbonyl (C=O) groups is 2. The van der Waals surface area contributed by atoms with E-state index in [4.69, 9.17) is 5.73 Å². The Bertz CT molecular complexity index is 325. The molecule has 1 fully saturated rings. The summed E-state index contributed by atoms with van der Waals surface area (Å²) >= 11 is 0. The second-order valence-electron chi connectivity index (χ2n) is 5.09. The highest BCUT2D eigenvalue weighted by atomic mass is 16.2. The average molecular weight is 225 g/mol. The zero-order valence-corrected chi connectivity index (χ0v) is 10.0. The van der Waals surface area contributed by atoms with Crippen LogP contribution in [0, 0.1) is 5.41 Å². The van der Waals surface area contributed by atoms with E-state index in [0.29, 0.717) is 0 Å². The molecule has 3 N–H and O–H groups in total. The van der Waals surface area contributed by atoms with Gasteiger partial charge in [0.2, 0.25) is 0 Å². The van der Waals surface area contributed by atoms with Crippen molar-refractivity contribution in [1.29, 1.82) is 0 Å². The highest BCUT2D eigenvalue weighted by Crippen LogP contribution is 2.16. The lowest BCUT2D eigenvalue weighted by Crippen LogP contribution is -2.48. The fourth-order valence-electron chi connectivity index (χ4n) is 1.19. The molecule has 5 nitrogen and oxygen atoms in total. The maximum atomic E-state index is 11.6. The molecule has 0 aromatic rings. The highest BCUT2D eigenvalue weighted by molar-refractivity contribution is 6.06. The van der Waals surface area contributed by atoms with E-state index in [0.717, 1.165) is 13.0 Å². The number of carbonyl (C=O) groups excluding carboxylic acids is 2. The van der Waals surface area contributed by atoms with Crippen molar-refractivity contribution in [3.8, 4) is 0 Å². The first-order valence-corrected chi connectivity index (χ1v) is 5.44. The monoisotopic (exact) mass is 225 g/mol. The number of nitrogens with zero attached hydrogens (tertiary/aromatic N) is 1. The summed E-state index contributed by atoms with van der Waals surface area (Å²) in [5.41, 5.74) is 5.12. The van der Waals surface area contributed by atoms with E-state index < -0.39 is 5.41 Å². The van der Waals surface area contributed by atoms with Gasteiger partial charge < -0.3 is 11.1 Å². The van der Waals surface area contributed by atoms with E-state index in [1.54, 1.807) is 0 Å². The minimum absolute atomic E-state index is 0.0110. The van der Waals surface area contributed by atoms with Crippen LogP contribution in [0.2, 0.25) is 0 Å². The molecule has 0 aliphatic carbocycles. The molecule has 1 unspecified atom stereocenters. The standard InChI is InChI=1S/C11H19N3O2/c1-11(2,3)8(15)6-9(12)14-10(16)7-4-5-13-7/h7,13H,4-6H2,1-3H3,(H2,12,14,16). The molecule has 0 aromatic heterocycles. The third-order valence-electron chi connectivity index (χ3n) is 2.55. The quantitative estimate of drug-likeness (QED) is 0.532.